The van der Waals surface area contributed by atoms with E-state index in [-0.39, 0.29) is 55.7 Å². The molecule has 2 aromatic carbocycles. The van der Waals surface area contributed by atoms with Crippen molar-refractivity contribution < 1.29 is 23.4 Å². The Bertz CT molecular complexity index is 1130. The van der Waals surface area contributed by atoms with E-state index in [0.29, 0.717) is 34.7 Å². The number of aromatic nitrogens is 1. The molecule has 1 aromatic heterocycles. The van der Waals surface area contributed by atoms with Gasteiger partial charge < -0.3 is 18.8 Å². The highest BCUT2D eigenvalue weighted by molar-refractivity contribution is 5.89. The summed E-state index contributed by atoms with van der Waals surface area (Å²) in [6.07, 6.45) is 2.48. The van der Waals surface area contributed by atoms with Crippen LogP contribution in [0.15, 0.2) is 47.4 Å². The molecule has 0 saturated heterocycles. The van der Waals surface area contributed by atoms with Crippen LogP contribution in [0.2, 0.25) is 0 Å². The maximum Gasteiger partial charge on any atom is 0.307 e. The molecule has 0 saturated carbocycles. The predicted molar refractivity (Wildman–Crippen MR) is 132 cm³/mol. The van der Waals surface area contributed by atoms with Gasteiger partial charge in [-0.1, -0.05) is 19.1 Å². The molecule has 0 amide bonds. The molecular formula is C24H28Cl2FNO5. The first-order chi connectivity index (χ1) is 15.0. The zero-order valence-corrected chi connectivity index (χ0v) is 20.4. The number of fused-ring (bicyclic) bond motifs is 1. The number of halogens is 3. The molecule has 3 aromatic rings. The predicted octanol–water partition coefficient (Wildman–Crippen LogP) is 5.40. The molecule has 33 heavy (non-hydrogen) atoms. The summed E-state index contributed by atoms with van der Waals surface area (Å²) >= 11 is 0. The Morgan fingerprint density at radius 2 is 1.76 bits per heavy atom. The highest BCUT2D eigenvalue weighted by Crippen LogP contribution is 2.30. The number of ether oxygens (including phenoxy) is 3. The number of esters is 1. The standard InChI is InChI=1S/C24H26FNO5.2ClH/c1-4-14-31-20-11-10-19(25)22-23(20)26(13-12-21(27)30-5-2)15-18(24(22)28)16-6-8-17(29-3)9-7-16;;/h6-11,15H,4-5,12-14H2,1-3H3;2*1H. The van der Waals surface area contributed by atoms with E-state index in [4.69, 9.17) is 14.2 Å². The second kappa shape index (κ2) is 13.1. The van der Waals surface area contributed by atoms with Crippen molar-refractivity contribution in [3.8, 4) is 22.6 Å². The molecule has 0 aliphatic carbocycles. The lowest BCUT2D eigenvalue weighted by Gasteiger charge is -2.17. The van der Waals surface area contributed by atoms with Gasteiger partial charge in [0.1, 0.15) is 17.3 Å². The molecule has 9 heteroatoms. The molecule has 0 aliphatic heterocycles. The first-order valence-electron chi connectivity index (χ1n) is 10.3. The number of aryl methyl sites for hydroxylation is 1. The largest absolute Gasteiger partial charge is 0.497 e. The van der Waals surface area contributed by atoms with Gasteiger partial charge in [0.05, 0.1) is 37.6 Å². The van der Waals surface area contributed by atoms with Gasteiger partial charge in [-0.3, -0.25) is 9.59 Å². The molecule has 0 aliphatic rings. The van der Waals surface area contributed by atoms with Crippen LogP contribution in [-0.2, 0) is 16.1 Å². The van der Waals surface area contributed by atoms with Gasteiger partial charge in [-0.2, -0.15) is 0 Å². The quantitative estimate of drug-likeness (QED) is 0.368. The maximum absolute atomic E-state index is 14.9. The molecular weight excluding hydrogens is 472 g/mol. The van der Waals surface area contributed by atoms with Crippen molar-refractivity contribution in [2.24, 2.45) is 0 Å². The summed E-state index contributed by atoms with van der Waals surface area (Å²) in [5.74, 6) is 0.0472. The zero-order valence-electron chi connectivity index (χ0n) is 18.8. The number of carbonyl (C=O) groups is 1. The van der Waals surface area contributed by atoms with Gasteiger partial charge in [0, 0.05) is 18.3 Å². The van der Waals surface area contributed by atoms with Crippen molar-refractivity contribution in [1.29, 1.82) is 0 Å². The summed E-state index contributed by atoms with van der Waals surface area (Å²) in [7, 11) is 1.56. The highest BCUT2D eigenvalue weighted by Gasteiger charge is 2.19. The van der Waals surface area contributed by atoms with Gasteiger partial charge in [0.25, 0.3) is 0 Å². The van der Waals surface area contributed by atoms with E-state index in [2.05, 4.69) is 0 Å². The van der Waals surface area contributed by atoms with Crippen molar-refractivity contribution in [2.75, 3.05) is 20.3 Å². The first kappa shape index (κ1) is 28.3. The normalized spacial score (nSPS) is 10.2. The van der Waals surface area contributed by atoms with Gasteiger partial charge in [0.15, 0.2) is 5.43 Å². The van der Waals surface area contributed by atoms with E-state index in [1.807, 2.05) is 6.92 Å². The Morgan fingerprint density at radius 3 is 2.36 bits per heavy atom. The second-order valence-corrected chi connectivity index (χ2v) is 6.97. The van der Waals surface area contributed by atoms with E-state index >= 15 is 0 Å². The average molecular weight is 500 g/mol. The number of hydrogen-bond acceptors (Lipinski definition) is 5. The van der Waals surface area contributed by atoms with Crippen LogP contribution in [0.3, 0.4) is 0 Å². The van der Waals surface area contributed by atoms with Gasteiger partial charge in [-0.15, -0.1) is 24.8 Å². The van der Waals surface area contributed by atoms with Crippen LogP contribution in [0.5, 0.6) is 11.5 Å². The third kappa shape index (κ3) is 6.39. The van der Waals surface area contributed by atoms with Crippen molar-refractivity contribution in [3.05, 3.63) is 58.6 Å². The van der Waals surface area contributed by atoms with Crippen LogP contribution in [0, 0.1) is 5.82 Å². The minimum Gasteiger partial charge on any atom is -0.497 e. The SMILES string of the molecule is CCCOc1ccc(F)c2c(=O)c(-c3ccc(OC)cc3)cn(CCC(=O)OCC)c12.Cl.Cl. The Kier molecular flexibility index (Phi) is 11.2. The Balaban J connectivity index is 0.00000272. The van der Waals surface area contributed by atoms with Crippen molar-refractivity contribution >= 4 is 41.7 Å². The summed E-state index contributed by atoms with van der Waals surface area (Å²) in [4.78, 5) is 25.2. The third-order valence-corrected chi connectivity index (χ3v) is 4.86. The Hall–Kier alpha value is -2.77. The number of pyridine rings is 1. The smallest absolute Gasteiger partial charge is 0.307 e. The van der Waals surface area contributed by atoms with Crippen LogP contribution in [0.4, 0.5) is 4.39 Å². The zero-order chi connectivity index (χ0) is 22.4. The summed E-state index contributed by atoms with van der Waals surface area (Å²) < 4.78 is 32.6. The molecule has 0 radical (unpaired) electrons. The molecule has 0 fully saturated rings. The number of hydrogen-bond donors (Lipinski definition) is 0. The average Bonchev–Trinajstić information content (AvgIpc) is 2.78. The number of rotatable bonds is 9. The van der Waals surface area contributed by atoms with Crippen LogP contribution in [-0.4, -0.2) is 30.9 Å². The monoisotopic (exact) mass is 499 g/mol. The van der Waals surface area contributed by atoms with Crippen molar-refractivity contribution in [2.45, 2.75) is 33.2 Å². The van der Waals surface area contributed by atoms with E-state index < -0.39 is 11.2 Å². The highest BCUT2D eigenvalue weighted by atomic mass is 35.5. The molecule has 0 unspecified atom stereocenters. The summed E-state index contributed by atoms with van der Waals surface area (Å²) in [5.41, 5.74) is 0.842. The fourth-order valence-corrected chi connectivity index (χ4v) is 3.39. The number of benzene rings is 2. The van der Waals surface area contributed by atoms with Gasteiger partial charge in [-0.25, -0.2) is 4.39 Å². The van der Waals surface area contributed by atoms with E-state index in [0.717, 1.165) is 6.42 Å². The number of nitrogens with zero attached hydrogens (tertiary/aromatic N) is 1. The first-order valence-corrected chi connectivity index (χ1v) is 10.3. The third-order valence-electron chi connectivity index (χ3n) is 4.86. The minimum absolute atomic E-state index is 0. The van der Waals surface area contributed by atoms with Gasteiger partial charge in [0.2, 0.25) is 0 Å². The summed E-state index contributed by atoms with van der Waals surface area (Å²) in [6, 6.07) is 9.71. The maximum atomic E-state index is 14.9. The lowest BCUT2D eigenvalue weighted by molar-refractivity contribution is -0.143. The van der Waals surface area contributed by atoms with Crippen LogP contribution in [0.25, 0.3) is 22.0 Å². The lowest BCUT2D eigenvalue weighted by atomic mass is 10.0. The molecule has 180 valence electrons. The molecule has 1 heterocycles. The van der Waals surface area contributed by atoms with Gasteiger partial charge >= 0.3 is 5.97 Å². The Morgan fingerprint density at radius 1 is 1.06 bits per heavy atom. The Labute approximate surface area is 204 Å². The van der Waals surface area contributed by atoms with E-state index in [9.17, 15) is 14.0 Å². The molecule has 0 atom stereocenters. The fourth-order valence-electron chi connectivity index (χ4n) is 3.39. The van der Waals surface area contributed by atoms with Crippen LogP contribution in [0.1, 0.15) is 26.7 Å². The second-order valence-electron chi connectivity index (χ2n) is 6.97. The van der Waals surface area contributed by atoms with E-state index in [1.54, 1.807) is 49.1 Å². The summed E-state index contributed by atoms with van der Waals surface area (Å²) in [6.45, 7) is 4.61. The minimum atomic E-state index is -0.635. The van der Waals surface area contributed by atoms with Crippen LogP contribution < -0.4 is 14.9 Å². The van der Waals surface area contributed by atoms with Gasteiger partial charge in [-0.05, 0) is 43.2 Å². The number of methoxy groups -OCH3 is 1. The van der Waals surface area contributed by atoms with Crippen molar-refractivity contribution in [1.82, 2.24) is 4.57 Å². The fraction of sp³-hybridized carbons (Fsp3) is 0.333. The van der Waals surface area contributed by atoms with Crippen LogP contribution >= 0.6 is 24.8 Å². The van der Waals surface area contributed by atoms with E-state index in [1.165, 1.54) is 12.1 Å². The molecule has 0 bridgehead atoms. The summed E-state index contributed by atoms with van der Waals surface area (Å²) in [5, 5.41) is -0.0641. The molecule has 6 nitrogen and oxygen atoms in total. The lowest BCUT2D eigenvalue weighted by Crippen LogP contribution is -2.17. The molecule has 0 N–H and O–H groups in total. The molecule has 3 rings (SSSR count). The number of carbonyl (C=O) groups excluding carboxylic acids is 1. The van der Waals surface area contributed by atoms with Crippen molar-refractivity contribution in [3.63, 3.8) is 0 Å². The topological polar surface area (TPSA) is 66.8 Å². The molecule has 0 spiro atoms.